The summed E-state index contributed by atoms with van der Waals surface area (Å²) in [4.78, 5) is 42.6. The zero-order chi connectivity index (χ0) is 14.3. The van der Waals surface area contributed by atoms with Crippen LogP contribution in [0.4, 0.5) is 0 Å². The Hall–Kier alpha value is -0.641. The molecular weight excluding hydrogens is 317 g/mol. The standard InChI is InChI=1S/C8H11NO8.Fe.Na/c10-4(11)2-1-3(6(12)13)9-5(7(14)15)8(16)17;;/h3,5,9H,1-2H2,(H,10,11)(H,12,13)(H,14,15)(H,16,17);;/q;2*+1/p-2. The van der Waals surface area contributed by atoms with Crippen LogP contribution in [0.5, 0.6) is 0 Å². The molecule has 0 heterocycles. The zero-order valence-corrected chi connectivity index (χ0v) is 12.9. The molecule has 11 heteroatoms. The fraction of sp³-hybridized carbons (Fsp3) is 0.500. The number of carbonyl (C=O) groups excluding carboxylic acids is 2. The molecule has 0 aliphatic rings. The summed E-state index contributed by atoms with van der Waals surface area (Å²) in [6.07, 6.45) is -0.952. The number of rotatable bonds is 8. The molecule has 0 aromatic carbocycles. The van der Waals surface area contributed by atoms with Gasteiger partial charge in [0.15, 0.2) is 0 Å². The Morgan fingerprint density at radius 2 is 1.68 bits per heavy atom. The van der Waals surface area contributed by atoms with Crippen LogP contribution in [0.1, 0.15) is 12.8 Å². The van der Waals surface area contributed by atoms with Crippen LogP contribution in [-0.2, 0) is 39.3 Å². The van der Waals surface area contributed by atoms with E-state index in [0.717, 1.165) is 0 Å². The third-order valence-electron chi connectivity index (χ3n) is 1.85. The fourth-order valence-corrected chi connectivity index (χ4v) is 1.19. The molecule has 0 saturated heterocycles. The predicted octanol–water partition coefficient (Wildman–Crippen LogP) is -5.98. The summed E-state index contributed by atoms with van der Waals surface area (Å²) in [5, 5.41) is 29.4. The van der Waals surface area contributed by atoms with Crippen molar-refractivity contribution in [3.05, 3.63) is 0 Å². The number of nitrogens with one attached hydrogen (secondary N) is 1. The van der Waals surface area contributed by atoms with Gasteiger partial charge in [-0.1, -0.05) is 0 Å². The Morgan fingerprint density at radius 1 is 1.21 bits per heavy atom. The van der Waals surface area contributed by atoms with Gasteiger partial charge in [-0.2, -0.15) is 0 Å². The average Bonchev–Trinajstić information content (AvgIpc) is 2.26. The van der Waals surface area contributed by atoms with E-state index < -0.39 is 42.4 Å². The SMILES string of the molecule is O=C([O-])CCC(NC(C(=O)O)C(=O)O)C(=O)[O][Fe].[Na+]. The maximum Gasteiger partial charge on any atom is 1.00 e. The summed E-state index contributed by atoms with van der Waals surface area (Å²) >= 11 is 2.78. The molecule has 0 aromatic heterocycles. The second-order valence-corrected chi connectivity index (χ2v) is 3.36. The van der Waals surface area contributed by atoms with E-state index >= 15 is 0 Å². The van der Waals surface area contributed by atoms with Crippen molar-refractivity contribution in [3.63, 3.8) is 0 Å². The Bertz CT molecular complexity index is 349. The van der Waals surface area contributed by atoms with Crippen LogP contribution in [0.15, 0.2) is 0 Å². The van der Waals surface area contributed by atoms with E-state index in [4.69, 9.17) is 10.2 Å². The molecule has 0 aliphatic heterocycles. The smallest absolute Gasteiger partial charge is 1.00 e. The largest absolute Gasteiger partial charge is 1.00 e. The van der Waals surface area contributed by atoms with Gasteiger partial charge < -0.3 is 0 Å². The third-order valence-corrected chi connectivity index (χ3v) is 2.08. The van der Waals surface area contributed by atoms with Gasteiger partial charge in [-0.25, -0.2) is 0 Å². The minimum atomic E-state index is -2.06. The number of carbonyl (C=O) groups is 4. The first-order chi connectivity index (χ1) is 8.29. The van der Waals surface area contributed by atoms with Crippen LogP contribution >= 0.6 is 0 Å². The summed E-state index contributed by atoms with van der Waals surface area (Å²) in [6.45, 7) is 0. The van der Waals surface area contributed by atoms with Gasteiger partial charge in [0, 0.05) is 0 Å². The average molecular weight is 326 g/mol. The molecule has 0 fully saturated rings. The Labute approximate surface area is 138 Å². The molecule has 0 spiro atoms. The second kappa shape index (κ2) is 10.2. The summed E-state index contributed by atoms with van der Waals surface area (Å²) in [6, 6.07) is -3.48. The summed E-state index contributed by atoms with van der Waals surface area (Å²) in [7, 11) is 0. The van der Waals surface area contributed by atoms with Crippen LogP contribution in [0.3, 0.4) is 0 Å². The van der Waals surface area contributed by atoms with E-state index in [0.29, 0.717) is 0 Å². The van der Waals surface area contributed by atoms with Gasteiger partial charge in [0.1, 0.15) is 0 Å². The molecule has 0 bridgehead atoms. The molecule has 9 nitrogen and oxygen atoms in total. The van der Waals surface area contributed by atoms with Crippen LogP contribution in [0, 0.1) is 0 Å². The minimum Gasteiger partial charge on any atom is 1.00 e. The molecule has 1 atom stereocenters. The van der Waals surface area contributed by atoms with E-state index in [1.807, 2.05) is 5.32 Å². The first kappa shape index (κ1) is 20.7. The predicted molar refractivity (Wildman–Crippen MR) is 46.3 cm³/mol. The quantitative estimate of drug-likeness (QED) is 0.292. The number of aliphatic carboxylic acids is 3. The second-order valence-electron chi connectivity index (χ2n) is 3.13. The number of hydrogen-bond acceptors (Lipinski definition) is 7. The fourth-order valence-electron chi connectivity index (χ4n) is 1.03. The molecule has 1 unspecified atom stereocenters. The molecule has 0 aromatic rings. The van der Waals surface area contributed by atoms with Gasteiger partial charge in [0.2, 0.25) is 0 Å². The number of hydrogen-bond donors (Lipinski definition) is 3. The van der Waals surface area contributed by atoms with E-state index in [2.05, 4.69) is 20.2 Å². The number of carboxylic acid groups (broad SMARTS) is 3. The van der Waals surface area contributed by atoms with Gasteiger partial charge in [0.25, 0.3) is 0 Å². The maximum absolute atomic E-state index is 11.2. The molecule has 0 rings (SSSR count). The van der Waals surface area contributed by atoms with Gasteiger partial charge >= 0.3 is 138 Å². The van der Waals surface area contributed by atoms with Crippen molar-refractivity contribution in [1.29, 1.82) is 0 Å². The Morgan fingerprint density at radius 3 is 2.00 bits per heavy atom. The first-order valence-electron chi connectivity index (χ1n) is 4.52. The summed E-state index contributed by atoms with van der Waals surface area (Å²) < 4.78 is 4.05. The van der Waals surface area contributed by atoms with Crippen molar-refractivity contribution in [3.8, 4) is 0 Å². The van der Waals surface area contributed by atoms with E-state index in [-0.39, 0.29) is 36.0 Å². The third kappa shape index (κ3) is 8.19. The van der Waals surface area contributed by atoms with Gasteiger partial charge in [-0.15, -0.1) is 0 Å². The summed E-state index contributed by atoms with van der Waals surface area (Å²) in [5.74, 6) is -5.99. The number of carboxylic acids is 3. The molecular formula is C8H9FeNNaO8. The molecule has 103 valence electrons. The zero-order valence-electron chi connectivity index (χ0n) is 9.77. The van der Waals surface area contributed by atoms with E-state index in [9.17, 15) is 24.3 Å². The molecule has 0 amide bonds. The molecule has 19 heavy (non-hydrogen) atoms. The Kier molecular flexibility index (Phi) is 11.1. The van der Waals surface area contributed by atoms with Gasteiger partial charge in [0.05, 0.1) is 0 Å². The monoisotopic (exact) mass is 326 g/mol. The summed E-state index contributed by atoms with van der Waals surface area (Å²) in [5.41, 5.74) is 0. The van der Waals surface area contributed by atoms with Crippen LogP contribution in [-0.4, -0.2) is 46.2 Å². The molecule has 0 aliphatic carbocycles. The van der Waals surface area contributed by atoms with Gasteiger partial charge in [-0.05, 0) is 0 Å². The van der Waals surface area contributed by atoms with E-state index in [1.54, 1.807) is 0 Å². The maximum atomic E-state index is 11.2. The Balaban J connectivity index is 0. The van der Waals surface area contributed by atoms with Gasteiger partial charge in [-0.3, -0.25) is 0 Å². The topological polar surface area (TPSA) is 153 Å². The normalized spacial score (nSPS) is 11.3. The molecule has 0 saturated carbocycles. The van der Waals surface area contributed by atoms with Crippen molar-refractivity contribution >= 4 is 23.9 Å². The van der Waals surface area contributed by atoms with Crippen LogP contribution < -0.4 is 40.0 Å². The van der Waals surface area contributed by atoms with Crippen molar-refractivity contribution < 1.29 is 84.2 Å². The minimum absolute atomic E-state index is 0. The van der Waals surface area contributed by atoms with Crippen LogP contribution in [0.2, 0.25) is 0 Å². The molecule has 0 radical (unpaired) electrons. The first-order valence-corrected chi connectivity index (χ1v) is 4.97. The van der Waals surface area contributed by atoms with Crippen molar-refractivity contribution in [1.82, 2.24) is 5.32 Å². The van der Waals surface area contributed by atoms with Crippen molar-refractivity contribution in [2.45, 2.75) is 24.9 Å². The van der Waals surface area contributed by atoms with Crippen molar-refractivity contribution in [2.24, 2.45) is 0 Å². The van der Waals surface area contributed by atoms with Crippen molar-refractivity contribution in [2.75, 3.05) is 0 Å². The van der Waals surface area contributed by atoms with Crippen LogP contribution in [0.25, 0.3) is 0 Å². The van der Waals surface area contributed by atoms with E-state index in [1.165, 1.54) is 0 Å². The molecule has 3 N–H and O–H groups in total.